The van der Waals surface area contributed by atoms with E-state index in [1.807, 2.05) is 0 Å². The first kappa shape index (κ1) is 10.3. The van der Waals surface area contributed by atoms with E-state index >= 15 is 0 Å². The summed E-state index contributed by atoms with van der Waals surface area (Å²) in [6, 6.07) is -0.0836. The van der Waals surface area contributed by atoms with Crippen LogP contribution in [0.1, 0.15) is 6.42 Å². The summed E-state index contributed by atoms with van der Waals surface area (Å²) in [6.07, 6.45) is 1.87. The average molecular weight is 206 g/mol. The third-order valence-corrected chi connectivity index (χ3v) is 3.20. The van der Waals surface area contributed by atoms with Crippen molar-refractivity contribution in [2.24, 2.45) is 16.5 Å². The highest BCUT2D eigenvalue weighted by Gasteiger charge is 2.28. The molecule has 0 saturated carbocycles. The molecule has 0 aromatic heterocycles. The van der Waals surface area contributed by atoms with Crippen molar-refractivity contribution in [3.05, 3.63) is 0 Å². The maximum absolute atomic E-state index is 11.1. The van der Waals surface area contributed by atoms with Gasteiger partial charge >= 0.3 is 0 Å². The van der Waals surface area contributed by atoms with Gasteiger partial charge < -0.3 is 11.5 Å². The van der Waals surface area contributed by atoms with Crippen LogP contribution >= 0.6 is 0 Å². The number of nitrogens with zero attached hydrogens (tertiary/aromatic N) is 2. The molecule has 0 aliphatic carbocycles. The molecule has 1 saturated heterocycles. The van der Waals surface area contributed by atoms with E-state index < -0.39 is 10.0 Å². The molecule has 1 aliphatic heterocycles. The average Bonchev–Trinajstić information content (AvgIpc) is 2.32. The molecule has 0 aromatic rings. The summed E-state index contributed by atoms with van der Waals surface area (Å²) < 4.78 is 23.5. The number of rotatable bonds is 2. The molecule has 1 heterocycles. The highest BCUT2D eigenvalue weighted by atomic mass is 32.2. The topological polar surface area (TPSA) is 102 Å². The molecule has 0 radical (unpaired) electrons. The maximum Gasteiger partial charge on any atom is 0.211 e. The van der Waals surface area contributed by atoms with Crippen LogP contribution in [0.2, 0.25) is 0 Å². The summed E-state index contributed by atoms with van der Waals surface area (Å²) in [4.78, 5) is 3.91. The Kier molecular flexibility index (Phi) is 2.77. The van der Waals surface area contributed by atoms with Crippen molar-refractivity contribution in [3.63, 3.8) is 0 Å². The summed E-state index contributed by atoms with van der Waals surface area (Å²) in [7, 11) is -3.09. The number of hydrogen-bond acceptors (Lipinski definition) is 3. The van der Waals surface area contributed by atoms with Crippen LogP contribution < -0.4 is 11.5 Å². The second-order valence-electron chi connectivity index (χ2n) is 3.12. The monoisotopic (exact) mass is 206 g/mol. The highest BCUT2D eigenvalue weighted by Crippen LogP contribution is 2.14. The molecule has 13 heavy (non-hydrogen) atoms. The van der Waals surface area contributed by atoms with E-state index in [9.17, 15) is 8.42 Å². The van der Waals surface area contributed by atoms with E-state index in [1.165, 1.54) is 10.6 Å². The largest absolute Gasteiger partial charge is 0.370 e. The Morgan fingerprint density at radius 1 is 1.54 bits per heavy atom. The number of aliphatic imine (C=N–C) groups is 1. The van der Waals surface area contributed by atoms with Crippen LogP contribution in [0.3, 0.4) is 0 Å². The van der Waals surface area contributed by atoms with E-state index in [-0.39, 0.29) is 12.0 Å². The minimum atomic E-state index is -3.09. The van der Waals surface area contributed by atoms with Gasteiger partial charge in [-0.25, -0.2) is 13.4 Å². The van der Waals surface area contributed by atoms with E-state index in [1.54, 1.807) is 0 Å². The summed E-state index contributed by atoms with van der Waals surface area (Å²) >= 11 is 0. The van der Waals surface area contributed by atoms with E-state index in [4.69, 9.17) is 11.5 Å². The molecule has 7 heteroatoms. The SMILES string of the molecule is CS(=O)(=O)N1CCC(N=C(N)N)C1. The van der Waals surface area contributed by atoms with Crippen LogP contribution in [0.5, 0.6) is 0 Å². The van der Waals surface area contributed by atoms with Crippen molar-refractivity contribution < 1.29 is 8.42 Å². The Bertz CT molecular complexity index is 307. The molecule has 0 spiro atoms. The van der Waals surface area contributed by atoms with Gasteiger partial charge in [-0.1, -0.05) is 0 Å². The van der Waals surface area contributed by atoms with Crippen LogP contribution in [0.25, 0.3) is 0 Å². The molecule has 1 fully saturated rings. The predicted molar refractivity (Wildman–Crippen MR) is 50.6 cm³/mol. The molecule has 1 aliphatic rings. The summed E-state index contributed by atoms with van der Waals surface area (Å²) in [5, 5.41) is 0. The van der Waals surface area contributed by atoms with Gasteiger partial charge in [-0.05, 0) is 6.42 Å². The van der Waals surface area contributed by atoms with Crippen molar-refractivity contribution in [1.82, 2.24) is 4.31 Å². The lowest BCUT2D eigenvalue weighted by Gasteiger charge is -2.11. The van der Waals surface area contributed by atoms with Crippen molar-refractivity contribution in [3.8, 4) is 0 Å². The zero-order chi connectivity index (χ0) is 10.1. The van der Waals surface area contributed by atoms with Gasteiger partial charge in [0.25, 0.3) is 0 Å². The second-order valence-corrected chi connectivity index (χ2v) is 5.10. The third-order valence-electron chi connectivity index (χ3n) is 1.93. The zero-order valence-corrected chi connectivity index (χ0v) is 8.29. The van der Waals surface area contributed by atoms with Gasteiger partial charge in [0.2, 0.25) is 10.0 Å². The third kappa shape index (κ3) is 2.85. The van der Waals surface area contributed by atoms with Crippen LogP contribution in [-0.2, 0) is 10.0 Å². The minimum absolute atomic E-state index is 0.0142. The quantitative estimate of drug-likeness (QED) is 0.415. The first-order valence-electron chi connectivity index (χ1n) is 3.93. The Labute approximate surface area is 77.7 Å². The Balaban J connectivity index is 2.60. The number of nitrogens with two attached hydrogens (primary N) is 2. The maximum atomic E-state index is 11.1. The number of hydrogen-bond donors (Lipinski definition) is 2. The number of sulfonamides is 1. The fourth-order valence-electron chi connectivity index (χ4n) is 1.33. The lowest BCUT2D eigenvalue weighted by atomic mass is 10.3. The van der Waals surface area contributed by atoms with E-state index in [0.717, 1.165) is 0 Å². The van der Waals surface area contributed by atoms with Crippen molar-refractivity contribution in [2.45, 2.75) is 12.5 Å². The number of guanidine groups is 1. The summed E-state index contributed by atoms with van der Waals surface area (Å²) in [6.45, 7) is 0.886. The molecule has 6 nitrogen and oxygen atoms in total. The molecule has 1 atom stereocenters. The van der Waals surface area contributed by atoms with Gasteiger partial charge in [-0.2, -0.15) is 4.31 Å². The van der Waals surface area contributed by atoms with E-state index in [2.05, 4.69) is 4.99 Å². The first-order valence-corrected chi connectivity index (χ1v) is 5.78. The van der Waals surface area contributed by atoms with Crippen LogP contribution in [0, 0.1) is 0 Å². The molecule has 76 valence electrons. The van der Waals surface area contributed by atoms with Gasteiger partial charge in [-0.15, -0.1) is 0 Å². The Hall–Kier alpha value is -0.820. The fraction of sp³-hybridized carbons (Fsp3) is 0.833. The molecule has 0 bridgehead atoms. The predicted octanol–water partition coefficient (Wildman–Crippen LogP) is -1.71. The molecular weight excluding hydrogens is 192 g/mol. The second kappa shape index (κ2) is 3.51. The first-order chi connectivity index (χ1) is 5.89. The molecule has 1 rings (SSSR count). The van der Waals surface area contributed by atoms with E-state index in [0.29, 0.717) is 19.5 Å². The van der Waals surface area contributed by atoms with Gasteiger partial charge in [0.1, 0.15) is 0 Å². The fourth-order valence-corrected chi connectivity index (χ4v) is 2.21. The Morgan fingerprint density at radius 2 is 2.15 bits per heavy atom. The normalized spacial score (nSPS) is 24.5. The van der Waals surface area contributed by atoms with Gasteiger partial charge in [0.15, 0.2) is 5.96 Å². The van der Waals surface area contributed by atoms with Crippen LogP contribution in [0.4, 0.5) is 0 Å². The lowest BCUT2D eigenvalue weighted by molar-refractivity contribution is 0.478. The van der Waals surface area contributed by atoms with Gasteiger partial charge in [0.05, 0.1) is 12.3 Å². The molecule has 4 N–H and O–H groups in total. The summed E-state index contributed by atoms with van der Waals surface area (Å²) in [5.74, 6) is 0.0142. The molecule has 0 amide bonds. The minimum Gasteiger partial charge on any atom is -0.370 e. The molecule has 0 aromatic carbocycles. The van der Waals surface area contributed by atoms with Crippen molar-refractivity contribution in [2.75, 3.05) is 19.3 Å². The van der Waals surface area contributed by atoms with Gasteiger partial charge in [0, 0.05) is 13.1 Å². The summed E-state index contributed by atoms with van der Waals surface area (Å²) in [5.41, 5.74) is 10.4. The molecular formula is C6H14N4O2S. The van der Waals surface area contributed by atoms with Gasteiger partial charge in [-0.3, -0.25) is 0 Å². The standard InChI is InChI=1S/C6H14N4O2S/c1-13(11,12)10-3-2-5(4-10)9-6(7)8/h5H,2-4H2,1H3,(H4,7,8,9). The Morgan fingerprint density at radius 3 is 2.54 bits per heavy atom. The van der Waals surface area contributed by atoms with Crippen LogP contribution in [0.15, 0.2) is 4.99 Å². The lowest BCUT2D eigenvalue weighted by Crippen LogP contribution is -2.30. The smallest absolute Gasteiger partial charge is 0.211 e. The van der Waals surface area contributed by atoms with Crippen molar-refractivity contribution in [1.29, 1.82) is 0 Å². The van der Waals surface area contributed by atoms with Crippen molar-refractivity contribution >= 4 is 16.0 Å². The molecule has 1 unspecified atom stereocenters. The highest BCUT2D eigenvalue weighted by molar-refractivity contribution is 7.88. The zero-order valence-electron chi connectivity index (χ0n) is 7.47. The van der Waals surface area contributed by atoms with Crippen LogP contribution in [-0.4, -0.2) is 44.1 Å².